The second-order valence-corrected chi connectivity index (χ2v) is 5.83. The molecule has 0 aliphatic carbocycles. The van der Waals surface area contributed by atoms with Crippen LogP contribution in [0, 0.1) is 28.9 Å². The molecule has 2 aliphatic heterocycles. The van der Waals surface area contributed by atoms with E-state index >= 15 is 0 Å². The predicted molar refractivity (Wildman–Crippen MR) is 75.9 cm³/mol. The number of fused-ring (bicyclic) bond motifs is 1. The number of nitrogens with zero attached hydrogens (tertiary/aromatic N) is 4. The summed E-state index contributed by atoms with van der Waals surface area (Å²) >= 11 is 0. The molecule has 2 fully saturated rings. The zero-order valence-electron chi connectivity index (χ0n) is 12.2. The van der Waals surface area contributed by atoms with Gasteiger partial charge >= 0.3 is 5.82 Å². The van der Waals surface area contributed by atoms with Crippen LogP contribution in [0.5, 0.6) is 0 Å². The minimum absolute atomic E-state index is 0.00335. The highest BCUT2D eigenvalue weighted by atomic mass is 16.6. The largest absolute Gasteiger partial charge is 0.406 e. The molecule has 7 heteroatoms. The SMILES string of the molecule is CCC1C2CNCC2CN1c1c([N+](=O)[O-])nc(C)n1C. The van der Waals surface area contributed by atoms with Gasteiger partial charge in [0.2, 0.25) is 11.6 Å². The number of rotatable bonds is 3. The van der Waals surface area contributed by atoms with Crippen molar-refractivity contribution in [2.45, 2.75) is 26.3 Å². The van der Waals surface area contributed by atoms with Crippen molar-refractivity contribution in [3.05, 3.63) is 15.9 Å². The number of aromatic nitrogens is 2. The molecule has 0 radical (unpaired) electrons. The second kappa shape index (κ2) is 4.73. The monoisotopic (exact) mass is 279 g/mol. The van der Waals surface area contributed by atoms with Gasteiger partial charge in [-0.2, -0.15) is 0 Å². The molecule has 3 heterocycles. The molecule has 0 amide bonds. The van der Waals surface area contributed by atoms with Gasteiger partial charge in [-0.25, -0.2) is 0 Å². The van der Waals surface area contributed by atoms with Crippen LogP contribution >= 0.6 is 0 Å². The van der Waals surface area contributed by atoms with Gasteiger partial charge in [0.25, 0.3) is 0 Å². The number of hydrogen-bond donors (Lipinski definition) is 1. The maximum absolute atomic E-state index is 11.3. The van der Waals surface area contributed by atoms with Crippen molar-refractivity contribution in [1.82, 2.24) is 14.9 Å². The third kappa shape index (κ3) is 1.80. The van der Waals surface area contributed by atoms with Crippen LogP contribution in [0.1, 0.15) is 19.2 Å². The Hall–Kier alpha value is -1.63. The van der Waals surface area contributed by atoms with E-state index in [4.69, 9.17) is 0 Å². The van der Waals surface area contributed by atoms with E-state index in [-0.39, 0.29) is 10.7 Å². The van der Waals surface area contributed by atoms with Crippen molar-refractivity contribution in [2.75, 3.05) is 24.5 Å². The molecule has 110 valence electrons. The Morgan fingerprint density at radius 1 is 1.50 bits per heavy atom. The third-order valence-corrected chi connectivity index (χ3v) is 4.85. The summed E-state index contributed by atoms with van der Waals surface area (Å²) < 4.78 is 1.86. The zero-order chi connectivity index (χ0) is 14.4. The molecule has 1 aromatic rings. The van der Waals surface area contributed by atoms with Gasteiger partial charge in [-0.15, -0.1) is 0 Å². The molecular weight excluding hydrogens is 258 g/mol. The van der Waals surface area contributed by atoms with Gasteiger partial charge in [0.15, 0.2) is 0 Å². The molecule has 3 unspecified atom stereocenters. The maximum Gasteiger partial charge on any atom is 0.406 e. The van der Waals surface area contributed by atoms with Crippen LogP contribution in [-0.2, 0) is 7.05 Å². The number of imidazole rings is 1. The van der Waals surface area contributed by atoms with E-state index in [2.05, 4.69) is 22.1 Å². The first-order valence-corrected chi connectivity index (χ1v) is 7.19. The van der Waals surface area contributed by atoms with Gasteiger partial charge in [0, 0.05) is 39.6 Å². The Bertz CT molecular complexity index is 541. The Morgan fingerprint density at radius 3 is 2.90 bits per heavy atom. The lowest BCUT2D eigenvalue weighted by molar-refractivity contribution is -0.388. The first-order valence-electron chi connectivity index (χ1n) is 7.19. The van der Waals surface area contributed by atoms with E-state index in [0.717, 1.165) is 26.1 Å². The van der Waals surface area contributed by atoms with E-state index in [1.165, 1.54) is 0 Å². The smallest absolute Gasteiger partial charge is 0.358 e. The van der Waals surface area contributed by atoms with E-state index in [0.29, 0.717) is 29.5 Å². The Labute approximate surface area is 118 Å². The van der Waals surface area contributed by atoms with Crippen LogP contribution in [0.25, 0.3) is 0 Å². The Kier molecular flexibility index (Phi) is 3.16. The summed E-state index contributed by atoms with van der Waals surface area (Å²) in [5.41, 5.74) is 0. The highest BCUT2D eigenvalue weighted by molar-refractivity contribution is 5.58. The molecule has 3 rings (SSSR count). The minimum Gasteiger partial charge on any atom is -0.358 e. The van der Waals surface area contributed by atoms with Gasteiger partial charge in [0.1, 0.15) is 0 Å². The van der Waals surface area contributed by atoms with Crippen molar-refractivity contribution in [3.8, 4) is 0 Å². The fourth-order valence-electron chi connectivity index (χ4n) is 3.81. The topological polar surface area (TPSA) is 76.2 Å². The maximum atomic E-state index is 11.3. The number of hydrogen-bond acceptors (Lipinski definition) is 5. The lowest BCUT2D eigenvalue weighted by Gasteiger charge is -2.28. The molecule has 1 N–H and O–H groups in total. The van der Waals surface area contributed by atoms with E-state index in [1.807, 2.05) is 18.5 Å². The molecule has 20 heavy (non-hydrogen) atoms. The van der Waals surface area contributed by atoms with Crippen LogP contribution in [0.15, 0.2) is 0 Å². The van der Waals surface area contributed by atoms with Crippen LogP contribution in [0.3, 0.4) is 0 Å². The lowest BCUT2D eigenvalue weighted by atomic mass is 9.93. The van der Waals surface area contributed by atoms with Crippen molar-refractivity contribution >= 4 is 11.6 Å². The average Bonchev–Trinajstić information content (AvgIpc) is 3.03. The third-order valence-electron chi connectivity index (χ3n) is 4.85. The molecule has 0 spiro atoms. The van der Waals surface area contributed by atoms with Gasteiger partial charge < -0.3 is 20.3 Å². The number of nitrogens with one attached hydrogen (secondary N) is 1. The number of aryl methyl sites for hydroxylation is 1. The molecule has 0 aromatic carbocycles. The molecule has 1 aromatic heterocycles. The molecule has 2 aliphatic rings. The minimum atomic E-state index is -0.360. The van der Waals surface area contributed by atoms with Crippen LogP contribution in [-0.4, -0.2) is 40.2 Å². The van der Waals surface area contributed by atoms with Gasteiger partial charge in [0.05, 0.1) is 0 Å². The average molecular weight is 279 g/mol. The Morgan fingerprint density at radius 2 is 2.25 bits per heavy atom. The summed E-state index contributed by atoms with van der Waals surface area (Å²) in [6.07, 6.45) is 1.00. The summed E-state index contributed by atoms with van der Waals surface area (Å²) in [7, 11) is 1.86. The van der Waals surface area contributed by atoms with Gasteiger partial charge in [-0.05, 0) is 28.2 Å². The zero-order valence-corrected chi connectivity index (χ0v) is 12.2. The molecule has 2 saturated heterocycles. The van der Waals surface area contributed by atoms with Crippen LogP contribution < -0.4 is 10.2 Å². The number of nitro groups is 1. The van der Waals surface area contributed by atoms with E-state index in [9.17, 15) is 10.1 Å². The summed E-state index contributed by atoms with van der Waals surface area (Å²) in [4.78, 5) is 17.3. The van der Waals surface area contributed by atoms with Gasteiger partial charge in [-0.3, -0.25) is 4.57 Å². The first kappa shape index (κ1) is 13.4. The van der Waals surface area contributed by atoms with Crippen molar-refractivity contribution in [3.63, 3.8) is 0 Å². The number of anilines is 1. The van der Waals surface area contributed by atoms with Gasteiger partial charge in [-0.1, -0.05) is 6.92 Å². The molecule has 7 nitrogen and oxygen atoms in total. The lowest BCUT2D eigenvalue weighted by Crippen LogP contribution is -2.36. The predicted octanol–water partition coefficient (Wildman–Crippen LogP) is 1.07. The fraction of sp³-hybridized carbons (Fsp3) is 0.769. The van der Waals surface area contributed by atoms with E-state index < -0.39 is 0 Å². The van der Waals surface area contributed by atoms with Crippen LogP contribution in [0.4, 0.5) is 11.6 Å². The summed E-state index contributed by atoms with van der Waals surface area (Å²) in [5, 5.41) is 14.7. The highest BCUT2D eigenvalue weighted by Gasteiger charge is 2.46. The summed E-state index contributed by atoms with van der Waals surface area (Å²) in [6, 6.07) is 0.364. The quantitative estimate of drug-likeness (QED) is 0.661. The highest BCUT2D eigenvalue weighted by Crippen LogP contribution is 2.40. The first-order chi connectivity index (χ1) is 9.54. The van der Waals surface area contributed by atoms with Crippen molar-refractivity contribution < 1.29 is 4.92 Å². The van der Waals surface area contributed by atoms with Crippen LogP contribution in [0.2, 0.25) is 0 Å². The fourth-order valence-corrected chi connectivity index (χ4v) is 3.81. The molecule has 0 bridgehead atoms. The van der Waals surface area contributed by atoms with Crippen molar-refractivity contribution in [2.24, 2.45) is 18.9 Å². The van der Waals surface area contributed by atoms with Crippen molar-refractivity contribution in [1.29, 1.82) is 0 Å². The summed E-state index contributed by atoms with van der Waals surface area (Å²) in [5.74, 6) is 2.55. The normalized spacial score (nSPS) is 28.9. The molecular formula is C13H21N5O2. The second-order valence-electron chi connectivity index (χ2n) is 5.83. The summed E-state index contributed by atoms with van der Waals surface area (Å²) in [6.45, 7) is 6.89. The molecule has 3 atom stereocenters. The Balaban J connectivity index is 2.02. The standard InChI is InChI=1S/C13H21N5O2/c1-4-11-10-6-14-5-9(10)7-17(11)13-12(18(19)20)15-8(2)16(13)3/h9-11,14H,4-7H2,1-3H3. The van der Waals surface area contributed by atoms with E-state index in [1.54, 1.807) is 0 Å². The molecule has 0 saturated carbocycles.